The van der Waals surface area contributed by atoms with Crippen molar-refractivity contribution in [2.45, 2.75) is 17.1 Å². The first-order chi connectivity index (χ1) is 7.32. The molecule has 0 aliphatic rings. The summed E-state index contributed by atoms with van der Waals surface area (Å²) in [6, 6.07) is 2.59. The predicted molar refractivity (Wildman–Crippen MR) is 61.3 cm³/mol. The summed E-state index contributed by atoms with van der Waals surface area (Å²) >= 11 is 5.71. The summed E-state index contributed by atoms with van der Waals surface area (Å²) in [6.45, 7) is 0.751. The molecule has 0 bridgehead atoms. The average Bonchev–Trinajstić information content (AvgIpc) is 2.22. The van der Waals surface area contributed by atoms with E-state index in [4.69, 9.17) is 22.4 Å². The molecular formula is C9H12ClNO4S. The van der Waals surface area contributed by atoms with Crippen molar-refractivity contribution in [3.63, 3.8) is 0 Å². The highest BCUT2D eigenvalue weighted by atomic mass is 35.5. The minimum atomic E-state index is -3.88. The Bertz CT molecular complexity index is 500. The van der Waals surface area contributed by atoms with Crippen LogP contribution < -0.4 is 5.73 Å². The minimum absolute atomic E-state index is 0.0758. The van der Waals surface area contributed by atoms with Crippen molar-refractivity contribution < 1.29 is 18.6 Å². The van der Waals surface area contributed by atoms with Gasteiger partial charge in [-0.1, -0.05) is 11.6 Å². The molecule has 1 aromatic rings. The summed E-state index contributed by atoms with van der Waals surface area (Å²) in [4.78, 5) is -0.435. The van der Waals surface area contributed by atoms with Gasteiger partial charge in [-0.25, -0.2) is 8.42 Å². The molecule has 4 N–H and O–H groups in total. The summed E-state index contributed by atoms with van der Waals surface area (Å²) in [5, 5.41) is 17.3. The van der Waals surface area contributed by atoms with Crippen LogP contribution in [0.25, 0.3) is 0 Å². The van der Waals surface area contributed by atoms with Crippen LogP contribution in [0.15, 0.2) is 17.0 Å². The molecule has 0 saturated carbocycles. The lowest BCUT2D eigenvalue weighted by Crippen LogP contribution is -2.22. The van der Waals surface area contributed by atoms with Gasteiger partial charge in [0.2, 0.25) is 0 Å². The standard InChI is InChI=1S/C9H12ClNO4S/c1-5(4-12)16(14,15)9-6(10)2-3-7(11)8(9)13/h2-3,5,12-13H,4,11H2,1H3. The van der Waals surface area contributed by atoms with Crippen LogP contribution in [0.1, 0.15) is 6.92 Å². The normalized spacial score (nSPS) is 13.7. The van der Waals surface area contributed by atoms with Crippen LogP contribution in [0.5, 0.6) is 5.75 Å². The zero-order valence-electron chi connectivity index (χ0n) is 8.51. The van der Waals surface area contributed by atoms with Crippen molar-refractivity contribution >= 4 is 27.1 Å². The molecule has 1 atom stereocenters. The molecule has 0 radical (unpaired) electrons. The molecule has 0 aliphatic heterocycles. The quantitative estimate of drug-likeness (QED) is 0.554. The van der Waals surface area contributed by atoms with E-state index in [2.05, 4.69) is 0 Å². The Morgan fingerprint density at radius 2 is 2.06 bits per heavy atom. The Morgan fingerprint density at radius 3 is 2.56 bits per heavy atom. The van der Waals surface area contributed by atoms with Gasteiger partial charge in [0.1, 0.15) is 4.90 Å². The van der Waals surface area contributed by atoms with Gasteiger partial charge < -0.3 is 15.9 Å². The number of aliphatic hydroxyl groups is 1. The van der Waals surface area contributed by atoms with Gasteiger partial charge in [0.05, 0.1) is 22.6 Å². The molecule has 7 heteroatoms. The van der Waals surface area contributed by atoms with E-state index in [0.717, 1.165) is 0 Å². The monoisotopic (exact) mass is 265 g/mol. The van der Waals surface area contributed by atoms with Crippen molar-refractivity contribution in [1.29, 1.82) is 0 Å². The third kappa shape index (κ3) is 2.09. The van der Waals surface area contributed by atoms with Crippen LogP contribution in [-0.4, -0.2) is 30.5 Å². The topological polar surface area (TPSA) is 101 Å². The molecule has 0 aliphatic carbocycles. The molecule has 1 aromatic carbocycles. The van der Waals surface area contributed by atoms with E-state index in [1.807, 2.05) is 0 Å². The van der Waals surface area contributed by atoms with Gasteiger partial charge in [-0.15, -0.1) is 0 Å². The number of rotatable bonds is 3. The number of hydrogen-bond acceptors (Lipinski definition) is 5. The second kappa shape index (κ2) is 4.48. The van der Waals surface area contributed by atoms with Crippen molar-refractivity contribution in [2.75, 3.05) is 12.3 Å². The molecule has 0 aromatic heterocycles. The Morgan fingerprint density at radius 1 is 1.50 bits per heavy atom. The number of hydrogen-bond donors (Lipinski definition) is 3. The lowest BCUT2D eigenvalue weighted by Gasteiger charge is -2.13. The maximum absolute atomic E-state index is 11.9. The average molecular weight is 266 g/mol. The number of aromatic hydroxyl groups is 1. The number of phenols is 1. The molecule has 1 unspecified atom stereocenters. The maximum atomic E-state index is 11.9. The fourth-order valence-electron chi connectivity index (χ4n) is 1.13. The van der Waals surface area contributed by atoms with Crippen LogP contribution >= 0.6 is 11.6 Å². The molecule has 0 fully saturated rings. The first-order valence-corrected chi connectivity index (χ1v) is 6.36. The summed E-state index contributed by atoms with van der Waals surface area (Å²) in [7, 11) is -3.88. The number of halogens is 1. The number of nitrogen functional groups attached to an aromatic ring is 1. The summed E-state index contributed by atoms with van der Waals surface area (Å²) in [5.41, 5.74) is 5.32. The lowest BCUT2D eigenvalue weighted by atomic mass is 10.3. The van der Waals surface area contributed by atoms with E-state index >= 15 is 0 Å². The zero-order chi connectivity index (χ0) is 12.5. The third-order valence-electron chi connectivity index (χ3n) is 2.19. The van der Waals surface area contributed by atoms with E-state index in [-0.39, 0.29) is 10.7 Å². The van der Waals surface area contributed by atoms with Crippen LogP contribution in [0.3, 0.4) is 0 Å². The summed E-state index contributed by atoms with van der Waals surface area (Å²) in [6.07, 6.45) is 0. The lowest BCUT2D eigenvalue weighted by molar-refractivity contribution is 0.295. The largest absolute Gasteiger partial charge is 0.504 e. The fraction of sp³-hybridized carbons (Fsp3) is 0.333. The van der Waals surface area contributed by atoms with Crippen LogP contribution in [0, 0.1) is 0 Å². The molecule has 90 valence electrons. The van der Waals surface area contributed by atoms with E-state index in [1.165, 1.54) is 19.1 Å². The first kappa shape index (κ1) is 13.1. The Labute approximate surface area is 98.4 Å². The third-order valence-corrected chi connectivity index (χ3v) is 4.80. The highest BCUT2D eigenvalue weighted by Gasteiger charge is 2.29. The van der Waals surface area contributed by atoms with Crippen molar-refractivity contribution in [3.05, 3.63) is 17.2 Å². The predicted octanol–water partition coefficient (Wildman–Crippen LogP) is 0.782. The SMILES string of the molecule is CC(CO)S(=O)(=O)c1c(Cl)ccc(N)c1O. The molecule has 16 heavy (non-hydrogen) atoms. The minimum Gasteiger partial charge on any atom is -0.504 e. The van der Waals surface area contributed by atoms with Gasteiger partial charge in [0, 0.05) is 0 Å². The summed E-state index contributed by atoms with van der Waals surface area (Å²) in [5.74, 6) is -0.576. The smallest absolute Gasteiger partial charge is 0.188 e. The Kier molecular flexibility index (Phi) is 3.67. The van der Waals surface area contributed by atoms with Crippen molar-refractivity contribution in [3.8, 4) is 5.75 Å². The number of anilines is 1. The first-order valence-electron chi connectivity index (χ1n) is 4.44. The molecule has 1 rings (SSSR count). The molecule has 0 saturated heterocycles. The van der Waals surface area contributed by atoms with Gasteiger partial charge in [-0.2, -0.15) is 0 Å². The second-order valence-electron chi connectivity index (χ2n) is 3.35. The van der Waals surface area contributed by atoms with Crippen molar-refractivity contribution in [2.24, 2.45) is 0 Å². The van der Waals surface area contributed by atoms with E-state index in [9.17, 15) is 13.5 Å². The maximum Gasteiger partial charge on any atom is 0.188 e. The number of phenolic OH excluding ortho intramolecular Hbond substituents is 1. The van der Waals surface area contributed by atoms with E-state index < -0.39 is 32.3 Å². The van der Waals surface area contributed by atoms with Gasteiger partial charge in [0.25, 0.3) is 0 Å². The Hall–Kier alpha value is -0.980. The van der Waals surface area contributed by atoms with Gasteiger partial charge in [-0.3, -0.25) is 0 Å². The zero-order valence-corrected chi connectivity index (χ0v) is 10.1. The molecular weight excluding hydrogens is 254 g/mol. The second-order valence-corrected chi connectivity index (χ2v) is 6.06. The highest BCUT2D eigenvalue weighted by molar-refractivity contribution is 7.92. The fourth-order valence-corrected chi connectivity index (χ4v) is 2.93. The van der Waals surface area contributed by atoms with Gasteiger partial charge in [-0.05, 0) is 19.1 Å². The number of aliphatic hydroxyl groups excluding tert-OH is 1. The van der Waals surface area contributed by atoms with Crippen LogP contribution in [-0.2, 0) is 9.84 Å². The molecule has 5 nitrogen and oxygen atoms in total. The van der Waals surface area contributed by atoms with E-state index in [1.54, 1.807) is 0 Å². The Balaban J connectivity index is 3.50. The van der Waals surface area contributed by atoms with E-state index in [0.29, 0.717) is 0 Å². The summed E-state index contributed by atoms with van der Waals surface area (Å²) < 4.78 is 23.8. The number of sulfone groups is 1. The molecule has 0 heterocycles. The van der Waals surface area contributed by atoms with Crippen molar-refractivity contribution in [1.82, 2.24) is 0 Å². The van der Waals surface area contributed by atoms with Gasteiger partial charge >= 0.3 is 0 Å². The van der Waals surface area contributed by atoms with Crippen LogP contribution in [0.4, 0.5) is 5.69 Å². The number of nitrogens with two attached hydrogens (primary N) is 1. The number of benzene rings is 1. The van der Waals surface area contributed by atoms with Crippen LogP contribution in [0.2, 0.25) is 5.02 Å². The highest BCUT2D eigenvalue weighted by Crippen LogP contribution is 2.36. The van der Waals surface area contributed by atoms with Gasteiger partial charge in [0.15, 0.2) is 15.6 Å². The molecule has 0 amide bonds. The molecule has 0 spiro atoms.